The monoisotopic (exact) mass is 265 g/mol. The zero-order valence-corrected chi connectivity index (χ0v) is 10.3. The van der Waals surface area contributed by atoms with Gasteiger partial charge in [-0.2, -0.15) is 0 Å². The van der Waals surface area contributed by atoms with Crippen molar-refractivity contribution in [2.75, 3.05) is 6.54 Å². The average Bonchev–Trinajstić information content (AvgIpc) is 2.79. The van der Waals surface area contributed by atoms with E-state index < -0.39 is 5.97 Å². The fourth-order valence-corrected chi connectivity index (χ4v) is 2.02. The van der Waals surface area contributed by atoms with Gasteiger partial charge in [-0.3, -0.25) is 14.4 Å². The molecule has 19 heavy (non-hydrogen) atoms. The zero-order valence-electron chi connectivity index (χ0n) is 10.3. The maximum atomic E-state index is 12.0. The lowest BCUT2D eigenvalue weighted by Crippen LogP contribution is -2.48. The minimum absolute atomic E-state index is 0.0141. The van der Waals surface area contributed by atoms with Crippen LogP contribution in [0.25, 0.3) is 0 Å². The maximum absolute atomic E-state index is 12.0. The highest BCUT2D eigenvalue weighted by Crippen LogP contribution is 2.06. The summed E-state index contributed by atoms with van der Waals surface area (Å²) >= 11 is 0. The molecular weight excluding hydrogens is 250 g/mol. The molecule has 1 atom stereocenters. The van der Waals surface area contributed by atoms with Crippen LogP contribution in [0.4, 0.5) is 0 Å². The molecule has 7 heteroatoms. The summed E-state index contributed by atoms with van der Waals surface area (Å²) in [5.41, 5.74) is 0.305. The van der Waals surface area contributed by atoms with Crippen molar-refractivity contribution in [3.63, 3.8) is 0 Å². The van der Waals surface area contributed by atoms with Gasteiger partial charge < -0.3 is 20.3 Å². The first-order valence-corrected chi connectivity index (χ1v) is 6.01. The molecule has 0 radical (unpaired) electrons. The molecule has 1 fully saturated rings. The van der Waals surface area contributed by atoms with Crippen LogP contribution in [0.5, 0.6) is 0 Å². The van der Waals surface area contributed by atoms with Gasteiger partial charge >= 0.3 is 5.97 Å². The van der Waals surface area contributed by atoms with Gasteiger partial charge in [0, 0.05) is 25.2 Å². The van der Waals surface area contributed by atoms with Crippen molar-refractivity contribution in [2.45, 2.75) is 25.4 Å². The van der Waals surface area contributed by atoms with E-state index in [1.54, 1.807) is 18.3 Å². The third-order valence-electron chi connectivity index (χ3n) is 2.97. The Morgan fingerprint density at radius 3 is 2.95 bits per heavy atom. The molecule has 0 aromatic carbocycles. The molecule has 3 N–H and O–H groups in total. The number of aromatic nitrogens is 1. The fourth-order valence-electron chi connectivity index (χ4n) is 2.02. The summed E-state index contributed by atoms with van der Waals surface area (Å²) in [7, 11) is 0. The number of amides is 2. The molecule has 7 nitrogen and oxygen atoms in total. The van der Waals surface area contributed by atoms with E-state index in [1.165, 1.54) is 4.57 Å². The van der Waals surface area contributed by atoms with Crippen molar-refractivity contribution in [2.24, 2.45) is 0 Å². The Kier molecular flexibility index (Phi) is 3.84. The summed E-state index contributed by atoms with van der Waals surface area (Å²) in [6.07, 6.45) is 2.53. The molecule has 0 aliphatic carbocycles. The molecule has 1 aromatic rings. The minimum Gasteiger partial charge on any atom is -0.480 e. The molecule has 2 amide bonds. The molecule has 1 aliphatic rings. The van der Waals surface area contributed by atoms with Gasteiger partial charge in [0.25, 0.3) is 5.91 Å². The Balaban J connectivity index is 1.98. The van der Waals surface area contributed by atoms with Gasteiger partial charge in [0.2, 0.25) is 5.91 Å². The number of carboxylic acid groups (broad SMARTS) is 1. The van der Waals surface area contributed by atoms with Crippen LogP contribution in [0.15, 0.2) is 18.3 Å². The number of hydrogen-bond donors (Lipinski definition) is 3. The van der Waals surface area contributed by atoms with E-state index >= 15 is 0 Å². The molecule has 102 valence electrons. The number of carbonyl (C=O) groups excluding carboxylic acids is 2. The molecule has 1 unspecified atom stereocenters. The summed E-state index contributed by atoms with van der Waals surface area (Å²) < 4.78 is 1.37. The van der Waals surface area contributed by atoms with Gasteiger partial charge in [-0.25, -0.2) is 0 Å². The van der Waals surface area contributed by atoms with Crippen LogP contribution in [0, 0.1) is 0 Å². The molecule has 0 saturated carbocycles. The van der Waals surface area contributed by atoms with Gasteiger partial charge in [0.05, 0.1) is 0 Å². The van der Waals surface area contributed by atoms with Crippen LogP contribution in [0.1, 0.15) is 23.3 Å². The first-order valence-electron chi connectivity index (χ1n) is 6.01. The Hall–Kier alpha value is -2.31. The standard InChI is InChI=1S/C12H15N3O4/c16-10-4-3-8(6-13-10)14-12(19)9-2-1-5-15(9)7-11(17)18/h1-2,5,8H,3-4,6-7H2,(H,13,16)(H,14,19)(H,17,18). The van der Waals surface area contributed by atoms with Gasteiger partial charge in [-0.1, -0.05) is 0 Å². The van der Waals surface area contributed by atoms with E-state index in [4.69, 9.17) is 5.11 Å². The second-order valence-corrected chi connectivity index (χ2v) is 4.43. The smallest absolute Gasteiger partial charge is 0.323 e. The average molecular weight is 265 g/mol. The summed E-state index contributed by atoms with van der Waals surface area (Å²) in [5.74, 6) is -1.35. The van der Waals surface area contributed by atoms with E-state index in [2.05, 4.69) is 10.6 Å². The lowest BCUT2D eigenvalue weighted by molar-refractivity contribution is -0.137. The molecule has 1 saturated heterocycles. The lowest BCUT2D eigenvalue weighted by atomic mass is 10.1. The van der Waals surface area contributed by atoms with Gasteiger partial charge in [-0.15, -0.1) is 0 Å². The van der Waals surface area contributed by atoms with Crippen LogP contribution >= 0.6 is 0 Å². The van der Waals surface area contributed by atoms with Crippen molar-refractivity contribution >= 4 is 17.8 Å². The van der Waals surface area contributed by atoms with E-state index in [-0.39, 0.29) is 24.4 Å². The Morgan fingerprint density at radius 2 is 2.32 bits per heavy atom. The molecular formula is C12H15N3O4. The van der Waals surface area contributed by atoms with Crippen LogP contribution in [-0.4, -0.2) is 40.0 Å². The van der Waals surface area contributed by atoms with Crippen LogP contribution in [-0.2, 0) is 16.1 Å². The van der Waals surface area contributed by atoms with Crippen molar-refractivity contribution in [1.82, 2.24) is 15.2 Å². The fraction of sp³-hybridized carbons (Fsp3) is 0.417. The lowest BCUT2D eigenvalue weighted by Gasteiger charge is -2.23. The number of rotatable bonds is 4. The quantitative estimate of drug-likeness (QED) is 0.688. The highest BCUT2D eigenvalue weighted by molar-refractivity contribution is 5.93. The Labute approximate surface area is 109 Å². The van der Waals surface area contributed by atoms with E-state index in [9.17, 15) is 14.4 Å². The molecule has 1 aromatic heterocycles. The third-order valence-corrected chi connectivity index (χ3v) is 2.97. The number of nitrogens with one attached hydrogen (secondary N) is 2. The largest absolute Gasteiger partial charge is 0.480 e. The van der Waals surface area contributed by atoms with E-state index in [0.29, 0.717) is 25.1 Å². The first kappa shape index (κ1) is 13.1. The highest BCUT2D eigenvalue weighted by Gasteiger charge is 2.21. The van der Waals surface area contributed by atoms with Crippen LogP contribution in [0.3, 0.4) is 0 Å². The molecule has 0 spiro atoms. The Morgan fingerprint density at radius 1 is 1.53 bits per heavy atom. The third kappa shape index (κ3) is 3.34. The zero-order chi connectivity index (χ0) is 13.8. The number of piperidine rings is 1. The summed E-state index contributed by atoms with van der Waals surface area (Å²) in [6.45, 7) is 0.154. The van der Waals surface area contributed by atoms with Crippen LogP contribution in [0.2, 0.25) is 0 Å². The summed E-state index contributed by atoms with van der Waals surface area (Å²) in [4.78, 5) is 33.7. The first-order chi connectivity index (χ1) is 9.06. The number of aliphatic carboxylic acids is 1. The normalized spacial score (nSPS) is 18.7. The van der Waals surface area contributed by atoms with Crippen molar-refractivity contribution < 1.29 is 19.5 Å². The van der Waals surface area contributed by atoms with E-state index in [1.807, 2.05) is 0 Å². The second-order valence-electron chi connectivity index (χ2n) is 4.43. The van der Waals surface area contributed by atoms with Crippen molar-refractivity contribution in [1.29, 1.82) is 0 Å². The highest BCUT2D eigenvalue weighted by atomic mass is 16.4. The predicted octanol–water partition coefficient (Wildman–Crippen LogP) is -0.419. The molecule has 0 bridgehead atoms. The second kappa shape index (κ2) is 5.55. The number of hydrogen-bond acceptors (Lipinski definition) is 3. The van der Waals surface area contributed by atoms with Crippen molar-refractivity contribution in [3.8, 4) is 0 Å². The van der Waals surface area contributed by atoms with Crippen molar-refractivity contribution in [3.05, 3.63) is 24.0 Å². The minimum atomic E-state index is -1.00. The maximum Gasteiger partial charge on any atom is 0.323 e. The summed E-state index contributed by atoms with van der Waals surface area (Å²) in [5, 5.41) is 14.2. The number of nitrogens with zero attached hydrogens (tertiary/aromatic N) is 1. The SMILES string of the molecule is O=C(O)Cn1cccc1C(=O)NC1CCC(=O)NC1. The summed E-state index contributed by atoms with van der Waals surface area (Å²) in [6, 6.07) is 3.08. The number of carbonyl (C=O) groups is 3. The van der Waals surface area contributed by atoms with Crippen LogP contribution < -0.4 is 10.6 Å². The van der Waals surface area contributed by atoms with Gasteiger partial charge in [-0.05, 0) is 18.6 Å². The molecule has 1 aliphatic heterocycles. The Bertz CT molecular complexity index is 499. The predicted molar refractivity (Wildman–Crippen MR) is 65.6 cm³/mol. The van der Waals surface area contributed by atoms with Gasteiger partial charge in [0.1, 0.15) is 12.2 Å². The van der Waals surface area contributed by atoms with Gasteiger partial charge in [0.15, 0.2) is 0 Å². The molecule has 2 heterocycles. The van der Waals surface area contributed by atoms with E-state index in [0.717, 1.165) is 0 Å². The molecule has 2 rings (SSSR count). The number of carboxylic acids is 1. The topological polar surface area (TPSA) is 100 Å².